The largest absolute Gasteiger partial charge is 0.396 e. The summed E-state index contributed by atoms with van der Waals surface area (Å²) in [5.41, 5.74) is 1.38. The van der Waals surface area contributed by atoms with E-state index in [0.717, 1.165) is 31.5 Å². The first-order chi connectivity index (χ1) is 10.1. The number of nitriles is 1. The van der Waals surface area contributed by atoms with Crippen molar-refractivity contribution in [3.8, 4) is 6.07 Å². The molecule has 1 aliphatic rings. The van der Waals surface area contributed by atoms with Crippen LogP contribution in [0.3, 0.4) is 0 Å². The molecule has 1 aromatic rings. The van der Waals surface area contributed by atoms with Crippen LogP contribution in [-0.2, 0) is 6.54 Å². The maximum Gasteiger partial charge on any atom is 0.0991 e. The Labute approximate surface area is 126 Å². The Balaban J connectivity index is 2.09. The summed E-state index contributed by atoms with van der Waals surface area (Å²) in [6, 6.07) is 9.79. The van der Waals surface area contributed by atoms with E-state index in [4.69, 9.17) is 5.26 Å². The lowest BCUT2D eigenvalue weighted by molar-refractivity contribution is -0.0819. The molecule has 1 aromatic carbocycles. The van der Waals surface area contributed by atoms with E-state index in [1.165, 1.54) is 0 Å². The minimum atomic E-state index is -0.427. The molecule has 4 heteroatoms. The van der Waals surface area contributed by atoms with Crippen molar-refractivity contribution in [3.63, 3.8) is 0 Å². The number of hydrogen-bond acceptors (Lipinski definition) is 4. The van der Waals surface area contributed by atoms with Crippen LogP contribution < -0.4 is 0 Å². The number of aliphatic hydroxyl groups is 2. The number of benzene rings is 1. The van der Waals surface area contributed by atoms with E-state index in [0.29, 0.717) is 18.5 Å². The number of rotatable bonds is 5. The third-order valence-electron chi connectivity index (χ3n) is 4.49. The summed E-state index contributed by atoms with van der Waals surface area (Å²) < 4.78 is 0. The van der Waals surface area contributed by atoms with Crippen LogP contribution in [0.15, 0.2) is 24.3 Å². The molecule has 1 heterocycles. The smallest absolute Gasteiger partial charge is 0.0991 e. The zero-order valence-electron chi connectivity index (χ0n) is 12.6. The Morgan fingerprint density at radius 2 is 2.29 bits per heavy atom. The van der Waals surface area contributed by atoms with Gasteiger partial charge in [-0.25, -0.2) is 0 Å². The quantitative estimate of drug-likeness (QED) is 0.868. The minimum absolute atomic E-state index is 0.0245. The summed E-state index contributed by atoms with van der Waals surface area (Å²) in [5, 5.41) is 29.0. The van der Waals surface area contributed by atoms with E-state index in [2.05, 4.69) is 17.9 Å². The first kappa shape index (κ1) is 16.0. The molecule has 2 atom stereocenters. The maximum atomic E-state index is 10.3. The standard InChI is InChI=1S/C17H24N2O2/c1-2-7-17(13-20)12-19(8-6-16(17)21)11-15-5-3-4-14(9-15)10-18/h3-5,9,16,20-21H,2,6-8,11-13H2,1H3/t16-,17-/m0/s1. The number of piperidine rings is 1. The summed E-state index contributed by atoms with van der Waals surface area (Å²) in [7, 11) is 0. The molecule has 0 aromatic heterocycles. The molecule has 0 aliphatic carbocycles. The highest BCUT2D eigenvalue weighted by molar-refractivity contribution is 5.32. The fourth-order valence-electron chi connectivity index (χ4n) is 3.35. The van der Waals surface area contributed by atoms with Gasteiger partial charge >= 0.3 is 0 Å². The van der Waals surface area contributed by atoms with E-state index >= 15 is 0 Å². The van der Waals surface area contributed by atoms with Crippen LogP contribution in [-0.4, -0.2) is 40.9 Å². The van der Waals surface area contributed by atoms with Gasteiger partial charge in [0.15, 0.2) is 0 Å². The van der Waals surface area contributed by atoms with Crippen molar-refractivity contribution in [2.45, 2.75) is 38.8 Å². The van der Waals surface area contributed by atoms with Crippen LogP contribution >= 0.6 is 0 Å². The van der Waals surface area contributed by atoms with Gasteiger partial charge in [0, 0.05) is 25.0 Å². The molecular weight excluding hydrogens is 264 g/mol. The van der Waals surface area contributed by atoms with Gasteiger partial charge in [0.2, 0.25) is 0 Å². The van der Waals surface area contributed by atoms with Crippen molar-refractivity contribution < 1.29 is 10.2 Å². The molecule has 0 spiro atoms. The molecule has 0 radical (unpaired) electrons. The summed E-state index contributed by atoms with van der Waals surface area (Å²) in [6.07, 6.45) is 2.05. The molecule has 21 heavy (non-hydrogen) atoms. The highest BCUT2D eigenvalue weighted by Crippen LogP contribution is 2.35. The topological polar surface area (TPSA) is 67.5 Å². The fourth-order valence-corrected chi connectivity index (χ4v) is 3.35. The van der Waals surface area contributed by atoms with Crippen molar-refractivity contribution in [2.75, 3.05) is 19.7 Å². The van der Waals surface area contributed by atoms with Crippen LogP contribution in [0.4, 0.5) is 0 Å². The van der Waals surface area contributed by atoms with Gasteiger partial charge in [0.05, 0.1) is 24.3 Å². The molecule has 4 nitrogen and oxygen atoms in total. The predicted molar refractivity (Wildman–Crippen MR) is 81.5 cm³/mol. The first-order valence-electron chi connectivity index (χ1n) is 7.64. The maximum absolute atomic E-state index is 10.3. The number of aliphatic hydroxyl groups excluding tert-OH is 2. The molecule has 1 saturated heterocycles. The monoisotopic (exact) mass is 288 g/mol. The van der Waals surface area contributed by atoms with Crippen molar-refractivity contribution in [1.82, 2.24) is 4.90 Å². The van der Waals surface area contributed by atoms with Crippen molar-refractivity contribution >= 4 is 0 Å². The minimum Gasteiger partial charge on any atom is -0.396 e. The number of nitrogens with zero attached hydrogens (tertiary/aromatic N) is 2. The molecule has 2 N–H and O–H groups in total. The van der Waals surface area contributed by atoms with Gasteiger partial charge < -0.3 is 10.2 Å². The summed E-state index contributed by atoms with van der Waals surface area (Å²) in [6.45, 7) is 4.39. The van der Waals surface area contributed by atoms with Crippen LogP contribution in [0.2, 0.25) is 0 Å². The van der Waals surface area contributed by atoms with Crippen LogP contribution in [0.5, 0.6) is 0 Å². The van der Waals surface area contributed by atoms with Crippen LogP contribution in [0, 0.1) is 16.7 Å². The highest BCUT2D eigenvalue weighted by Gasteiger charge is 2.41. The van der Waals surface area contributed by atoms with Crippen molar-refractivity contribution in [1.29, 1.82) is 5.26 Å². The Morgan fingerprint density at radius 1 is 1.48 bits per heavy atom. The summed E-state index contributed by atoms with van der Waals surface area (Å²) in [4.78, 5) is 2.27. The zero-order valence-corrected chi connectivity index (χ0v) is 12.6. The normalized spacial score (nSPS) is 26.5. The third-order valence-corrected chi connectivity index (χ3v) is 4.49. The van der Waals surface area contributed by atoms with Gasteiger partial charge in [0.25, 0.3) is 0 Å². The second-order valence-corrected chi connectivity index (χ2v) is 6.10. The lowest BCUT2D eigenvalue weighted by atomic mass is 9.74. The molecule has 0 saturated carbocycles. The van der Waals surface area contributed by atoms with Gasteiger partial charge in [-0.3, -0.25) is 4.90 Å². The first-order valence-corrected chi connectivity index (χ1v) is 7.64. The van der Waals surface area contributed by atoms with E-state index in [9.17, 15) is 10.2 Å². The van der Waals surface area contributed by atoms with Crippen LogP contribution in [0.1, 0.15) is 37.3 Å². The van der Waals surface area contributed by atoms with Gasteiger partial charge in [-0.1, -0.05) is 25.5 Å². The van der Waals surface area contributed by atoms with E-state index in [1.807, 2.05) is 18.2 Å². The number of likely N-dealkylation sites (tertiary alicyclic amines) is 1. The molecule has 2 rings (SSSR count). The SMILES string of the molecule is CCC[C@@]1(CO)CN(Cc2cccc(C#N)c2)CC[C@@H]1O. The third kappa shape index (κ3) is 3.62. The molecule has 0 unspecified atom stereocenters. The van der Waals surface area contributed by atoms with Gasteiger partial charge in [-0.05, 0) is 30.5 Å². The molecule has 0 bridgehead atoms. The lowest BCUT2D eigenvalue weighted by Gasteiger charge is -2.45. The Kier molecular flexibility index (Phi) is 5.35. The van der Waals surface area contributed by atoms with Gasteiger partial charge in [-0.15, -0.1) is 0 Å². The average molecular weight is 288 g/mol. The van der Waals surface area contributed by atoms with Crippen molar-refractivity contribution in [3.05, 3.63) is 35.4 Å². The Bertz CT molecular complexity index is 512. The average Bonchev–Trinajstić information content (AvgIpc) is 2.51. The Hall–Kier alpha value is -1.41. The van der Waals surface area contributed by atoms with E-state index in [-0.39, 0.29) is 6.61 Å². The molecular formula is C17H24N2O2. The predicted octanol–water partition coefficient (Wildman–Crippen LogP) is 1.90. The highest BCUT2D eigenvalue weighted by atomic mass is 16.3. The molecule has 0 amide bonds. The second kappa shape index (κ2) is 7.04. The zero-order chi connectivity index (χ0) is 15.3. The Morgan fingerprint density at radius 3 is 2.95 bits per heavy atom. The van der Waals surface area contributed by atoms with E-state index < -0.39 is 11.5 Å². The lowest BCUT2D eigenvalue weighted by Crippen LogP contribution is -2.53. The van der Waals surface area contributed by atoms with Gasteiger partial charge in [-0.2, -0.15) is 5.26 Å². The molecule has 1 fully saturated rings. The molecule has 1 aliphatic heterocycles. The van der Waals surface area contributed by atoms with Gasteiger partial charge in [0.1, 0.15) is 0 Å². The second-order valence-electron chi connectivity index (χ2n) is 6.10. The number of hydrogen-bond donors (Lipinski definition) is 2. The van der Waals surface area contributed by atoms with Crippen molar-refractivity contribution in [2.24, 2.45) is 5.41 Å². The van der Waals surface area contributed by atoms with Crippen LogP contribution in [0.25, 0.3) is 0 Å². The molecule has 114 valence electrons. The summed E-state index contributed by atoms with van der Waals surface area (Å²) in [5.74, 6) is 0. The fraction of sp³-hybridized carbons (Fsp3) is 0.588. The van der Waals surface area contributed by atoms with E-state index in [1.54, 1.807) is 6.07 Å². The summed E-state index contributed by atoms with van der Waals surface area (Å²) >= 11 is 0.